The molecule has 1 fully saturated rings. The largest absolute Gasteiger partial charge is 0.493 e. The lowest BCUT2D eigenvalue weighted by Crippen LogP contribution is -2.49. The number of nitrogens with zero attached hydrogens (tertiary/aromatic N) is 2. The molecule has 3 aliphatic rings. The second-order valence-corrected chi connectivity index (χ2v) is 10.4. The van der Waals surface area contributed by atoms with Crippen molar-refractivity contribution in [1.82, 2.24) is 14.8 Å². The van der Waals surface area contributed by atoms with E-state index in [-0.39, 0.29) is 5.91 Å². The lowest BCUT2D eigenvalue weighted by Gasteiger charge is -2.44. The van der Waals surface area contributed by atoms with Gasteiger partial charge in [-0.3, -0.25) is 9.69 Å². The van der Waals surface area contributed by atoms with Gasteiger partial charge in [0.25, 0.3) is 5.91 Å². The molecule has 1 amide bonds. The van der Waals surface area contributed by atoms with Crippen LogP contribution in [-0.4, -0.2) is 47.7 Å². The number of hydrogen-bond donors (Lipinski definition) is 1. The summed E-state index contributed by atoms with van der Waals surface area (Å²) >= 11 is 0. The molecule has 0 radical (unpaired) electrons. The van der Waals surface area contributed by atoms with Crippen LogP contribution in [0.3, 0.4) is 0 Å². The van der Waals surface area contributed by atoms with E-state index < -0.39 is 0 Å². The predicted molar refractivity (Wildman–Crippen MR) is 140 cm³/mol. The third-order valence-electron chi connectivity index (χ3n) is 8.33. The number of nitrogens with one attached hydrogen (secondary N) is 1. The first kappa shape index (κ1) is 23.2. The van der Waals surface area contributed by atoms with Crippen LogP contribution < -0.4 is 14.8 Å². The second-order valence-electron chi connectivity index (χ2n) is 10.4. The highest BCUT2D eigenvalue weighted by Gasteiger charge is 2.37. The van der Waals surface area contributed by atoms with Gasteiger partial charge >= 0.3 is 0 Å². The Balaban J connectivity index is 1.22. The fraction of sp³-hybridized carbons (Fsp3) is 0.433. The van der Waals surface area contributed by atoms with Crippen LogP contribution in [0.4, 0.5) is 0 Å². The quantitative estimate of drug-likeness (QED) is 0.530. The van der Waals surface area contributed by atoms with Crippen LogP contribution in [0.5, 0.6) is 11.5 Å². The molecule has 188 valence electrons. The van der Waals surface area contributed by atoms with E-state index in [4.69, 9.17) is 9.47 Å². The molecule has 3 unspecified atom stereocenters. The lowest BCUT2D eigenvalue weighted by atomic mass is 9.76. The van der Waals surface area contributed by atoms with Gasteiger partial charge in [0.1, 0.15) is 11.5 Å². The Bertz CT molecular complexity index is 1220. The Hall–Kier alpha value is -3.25. The summed E-state index contributed by atoms with van der Waals surface area (Å²) in [6, 6.07) is 17.3. The first-order valence-electron chi connectivity index (χ1n) is 13.3. The normalized spacial score (nSPS) is 23.5. The van der Waals surface area contributed by atoms with E-state index in [0.717, 1.165) is 68.1 Å². The van der Waals surface area contributed by atoms with Crippen LogP contribution in [0.15, 0.2) is 60.9 Å². The Morgan fingerprint density at radius 1 is 1.08 bits per heavy atom. The molecule has 6 heteroatoms. The van der Waals surface area contributed by atoms with Gasteiger partial charge in [-0.15, -0.1) is 0 Å². The molecular formula is C30H35N3O3. The Morgan fingerprint density at radius 3 is 2.83 bits per heavy atom. The molecule has 0 aliphatic carbocycles. The summed E-state index contributed by atoms with van der Waals surface area (Å²) < 4.78 is 14.7. The molecular weight excluding hydrogens is 450 g/mol. The number of fused-ring (bicyclic) bond motifs is 2. The van der Waals surface area contributed by atoms with E-state index >= 15 is 0 Å². The third kappa shape index (κ3) is 4.62. The number of ether oxygens (including phenoxy) is 2. The van der Waals surface area contributed by atoms with E-state index in [2.05, 4.69) is 64.4 Å². The number of carbonyl (C=O) groups excluding carboxylic acids is 1. The van der Waals surface area contributed by atoms with Crippen molar-refractivity contribution in [2.45, 2.75) is 51.2 Å². The maximum absolute atomic E-state index is 12.2. The van der Waals surface area contributed by atoms with Crippen LogP contribution in [-0.2, 0) is 19.5 Å². The van der Waals surface area contributed by atoms with Crippen molar-refractivity contribution in [1.29, 1.82) is 0 Å². The van der Waals surface area contributed by atoms with Crippen molar-refractivity contribution in [3.05, 3.63) is 83.2 Å². The highest BCUT2D eigenvalue weighted by atomic mass is 16.5. The average Bonchev–Trinajstić information content (AvgIpc) is 3.56. The summed E-state index contributed by atoms with van der Waals surface area (Å²) in [6.07, 6.45) is 7.56. The molecule has 36 heavy (non-hydrogen) atoms. The first-order valence-corrected chi connectivity index (χ1v) is 13.3. The average molecular weight is 486 g/mol. The van der Waals surface area contributed by atoms with Gasteiger partial charge in [0.15, 0.2) is 0 Å². The monoisotopic (exact) mass is 485 g/mol. The Labute approximate surface area is 213 Å². The van der Waals surface area contributed by atoms with Gasteiger partial charge in [-0.2, -0.15) is 0 Å². The molecule has 0 spiro atoms. The van der Waals surface area contributed by atoms with E-state index in [1.165, 1.54) is 11.1 Å². The van der Waals surface area contributed by atoms with Crippen molar-refractivity contribution >= 4 is 5.91 Å². The molecule has 6 rings (SSSR count). The smallest absolute Gasteiger partial charge is 0.252 e. The van der Waals surface area contributed by atoms with Crippen LogP contribution in [0, 0.1) is 5.92 Å². The number of aromatic nitrogens is 1. The molecule has 2 aromatic carbocycles. The van der Waals surface area contributed by atoms with Crippen molar-refractivity contribution < 1.29 is 14.3 Å². The zero-order valence-corrected chi connectivity index (χ0v) is 21.0. The van der Waals surface area contributed by atoms with E-state index in [1.807, 2.05) is 18.2 Å². The van der Waals surface area contributed by atoms with E-state index in [0.29, 0.717) is 31.0 Å². The number of benzene rings is 2. The summed E-state index contributed by atoms with van der Waals surface area (Å²) in [5.74, 6) is 2.55. The number of aryl methyl sites for hydroxylation is 1. The van der Waals surface area contributed by atoms with E-state index in [1.54, 1.807) is 0 Å². The molecule has 3 atom stereocenters. The molecule has 1 aromatic heterocycles. The molecule has 0 bridgehead atoms. The standard InChI is InChI=1S/C30H35N3O3/c1-21-28(20-36-25-9-8-24-19-31-30(34)27(24)18-25)26(10-13-33(21)15-14-32-11-2-3-12-32)23-7-6-22-5-4-16-35-29(22)17-23/h2-3,6-9,11-12,17-18,21,26,28H,4-5,10,13-16,19-20H2,1H3,(H,31,34). The fourth-order valence-electron chi connectivity index (χ4n) is 6.14. The number of hydrogen-bond acceptors (Lipinski definition) is 4. The number of rotatable bonds is 7. The zero-order chi connectivity index (χ0) is 24.5. The summed E-state index contributed by atoms with van der Waals surface area (Å²) in [6.45, 7) is 7.45. The first-order chi connectivity index (χ1) is 17.7. The third-order valence-corrected chi connectivity index (χ3v) is 8.33. The van der Waals surface area contributed by atoms with Crippen molar-refractivity contribution in [2.75, 3.05) is 26.3 Å². The van der Waals surface area contributed by atoms with Gasteiger partial charge in [0, 0.05) is 49.6 Å². The minimum atomic E-state index is -0.00962. The van der Waals surface area contributed by atoms with Crippen molar-refractivity contribution in [2.24, 2.45) is 5.92 Å². The minimum absolute atomic E-state index is 0.00962. The van der Waals surface area contributed by atoms with Crippen molar-refractivity contribution in [3.63, 3.8) is 0 Å². The number of likely N-dealkylation sites (tertiary alicyclic amines) is 1. The summed E-state index contributed by atoms with van der Waals surface area (Å²) in [4.78, 5) is 14.8. The van der Waals surface area contributed by atoms with Gasteiger partial charge < -0.3 is 19.4 Å². The SMILES string of the molecule is CC1C(COc2ccc3c(c2)C(=O)NC3)C(c2ccc3c(c2)OCCC3)CCN1CCn1cccc1. The maximum atomic E-state index is 12.2. The van der Waals surface area contributed by atoms with E-state index in [9.17, 15) is 4.79 Å². The highest BCUT2D eigenvalue weighted by Crippen LogP contribution is 2.40. The fourth-order valence-corrected chi connectivity index (χ4v) is 6.14. The van der Waals surface area contributed by atoms with Gasteiger partial charge in [-0.25, -0.2) is 0 Å². The van der Waals surface area contributed by atoms with Crippen molar-refractivity contribution in [3.8, 4) is 11.5 Å². The summed E-state index contributed by atoms with van der Waals surface area (Å²) in [7, 11) is 0. The Morgan fingerprint density at radius 2 is 1.94 bits per heavy atom. The second kappa shape index (κ2) is 10.0. The molecule has 6 nitrogen and oxygen atoms in total. The molecule has 3 aromatic rings. The number of piperidine rings is 1. The van der Waals surface area contributed by atoms with Crippen LogP contribution in [0.25, 0.3) is 0 Å². The van der Waals surface area contributed by atoms with Gasteiger partial charge in [-0.05, 0) is 85.7 Å². The van der Waals surface area contributed by atoms with Gasteiger partial charge in [-0.1, -0.05) is 18.2 Å². The topological polar surface area (TPSA) is 55.7 Å². The summed E-state index contributed by atoms with van der Waals surface area (Å²) in [5, 5.41) is 2.89. The van der Waals surface area contributed by atoms with Gasteiger partial charge in [0.2, 0.25) is 0 Å². The molecule has 1 saturated heterocycles. The van der Waals surface area contributed by atoms with Crippen LogP contribution in [0.2, 0.25) is 0 Å². The maximum Gasteiger partial charge on any atom is 0.252 e. The lowest BCUT2D eigenvalue weighted by molar-refractivity contribution is 0.0538. The molecule has 3 aliphatic heterocycles. The van der Waals surface area contributed by atoms with Gasteiger partial charge in [0.05, 0.1) is 13.2 Å². The minimum Gasteiger partial charge on any atom is -0.493 e. The number of amides is 1. The highest BCUT2D eigenvalue weighted by molar-refractivity contribution is 5.98. The molecule has 4 heterocycles. The summed E-state index contributed by atoms with van der Waals surface area (Å²) in [5.41, 5.74) is 4.46. The van der Waals surface area contributed by atoms with Crippen LogP contribution in [0.1, 0.15) is 52.7 Å². The number of carbonyl (C=O) groups is 1. The van der Waals surface area contributed by atoms with Crippen LogP contribution >= 0.6 is 0 Å². The zero-order valence-electron chi connectivity index (χ0n) is 21.0. The molecule has 0 saturated carbocycles. The Kier molecular flexibility index (Phi) is 6.45. The molecule has 1 N–H and O–H groups in total. The predicted octanol–water partition coefficient (Wildman–Crippen LogP) is 4.63.